The Morgan fingerprint density at radius 1 is 1.35 bits per heavy atom. The summed E-state index contributed by atoms with van der Waals surface area (Å²) < 4.78 is 6.73. The Balaban J connectivity index is 0.00000264. The van der Waals surface area contributed by atoms with Gasteiger partial charge in [0.1, 0.15) is 0 Å². The van der Waals surface area contributed by atoms with Gasteiger partial charge >= 0.3 is 0 Å². The van der Waals surface area contributed by atoms with Gasteiger partial charge in [-0.1, -0.05) is 18.2 Å². The van der Waals surface area contributed by atoms with Crippen LogP contribution in [0.3, 0.4) is 0 Å². The van der Waals surface area contributed by atoms with E-state index in [1.807, 2.05) is 43.5 Å². The van der Waals surface area contributed by atoms with Gasteiger partial charge < -0.3 is 15.4 Å². The topological polar surface area (TPSA) is 68.2 Å². The molecule has 2 rings (SSSR count). The van der Waals surface area contributed by atoms with Crippen molar-refractivity contribution in [1.29, 1.82) is 0 Å². The van der Waals surface area contributed by atoms with Crippen LogP contribution < -0.4 is 10.6 Å². The maximum absolute atomic E-state index is 12.0. The highest BCUT2D eigenvalue weighted by atomic mass is 35.5. The van der Waals surface area contributed by atoms with E-state index in [0.717, 1.165) is 11.3 Å². The third kappa shape index (κ3) is 5.67. The van der Waals surface area contributed by atoms with Crippen molar-refractivity contribution in [3.63, 3.8) is 0 Å². The van der Waals surface area contributed by atoms with Crippen molar-refractivity contribution in [2.45, 2.75) is 13.0 Å². The monoisotopic (exact) mass is 338 g/mol. The predicted octanol–water partition coefficient (Wildman–Crippen LogP) is 1.71. The maximum atomic E-state index is 12.0. The van der Waals surface area contributed by atoms with Gasteiger partial charge in [0, 0.05) is 26.0 Å². The fourth-order valence-corrected chi connectivity index (χ4v) is 2.22. The Kier molecular flexibility index (Phi) is 8.32. The molecule has 1 heterocycles. The van der Waals surface area contributed by atoms with Crippen LogP contribution in [0.25, 0.3) is 5.69 Å². The molecule has 1 aromatic heterocycles. The summed E-state index contributed by atoms with van der Waals surface area (Å²) in [6.07, 6.45) is 3.62. The first-order valence-electron chi connectivity index (χ1n) is 7.30. The van der Waals surface area contributed by atoms with E-state index in [-0.39, 0.29) is 30.9 Å². The Morgan fingerprint density at radius 3 is 2.83 bits per heavy atom. The van der Waals surface area contributed by atoms with E-state index < -0.39 is 0 Å². The van der Waals surface area contributed by atoms with E-state index >= 15 is 0 Å². The Hall–Kier alpha value is -1.89. The normalized spacial score (nSPS) is 11.6. The summed E-state index contributed by atoms with van der Waals surface area (Å²) in [7, 11) is 1.63. The van der Waals surface area contributed by atoms with Crippen molar-refractivity contribution < 1.29 is 9.53 Å². The number of carbonyl (C=O) groups excluding carboxylic acids is 1. The zero-order valence-electron chi connectivity index (χ0n) is 13.4. The van der Waals surface area contributed by atoms with Crippen molar-refractivity contribution in [2.24, 2.45) is 0 Å². The lowest BCUT2D eigenvalue weighted by Gasteiger charge is -2.18. The van der Waals surface area contributed by atoms with Crippen LogP contribution in [0.15, 0.2) is 42.7 Å². The molecule has 0 aliphatic carbocycles. The number of benzene rings is 1. The van der Waals surface area contributed by atoms with E-state index in [9.17, 15) is 4.79 Å². The molecule has 0 aliphatic rings. The first-order chi connectivity index (χ1) is 10.7. The molecule has 0 aliphatic heterocycles. The van der Waals surface area contributed by atoms with Crippen molar-refractivity contribution in [3.8, 4) is 5.69 Å². The minimum Gasteiger partial charge on any atom is -0.383 e. The second-order valence-electron chi connectivity index (χ2n) is 4.97. The number of rotatable bonds is 8. The van der Waals surface area contributed by atoms with Crippen molar-refractivity contribution in [1.82, 2.24) is 20.4 Å². The second-order valence-corrected chi connectivity index (χ2v) is 4.97. The molecule has 1 aromatic carbocycles. The van der Waals surface area contributed by atoms with Crippen LogP contribution in [-0.2, 0) is 9.53 Å². The molecule has 2 N–H and O–H groups in total. The minimum absolute atomic E-state index is 0. The first kappa shape index (κ1) is 19.2. The number of methoxy groups -OCH3 is 1. The van der Waals surface area contributed by atoms with Gasteiger partial charge in [-0.3, -0.25) is 4.79 Å². The zero-order valence-corrected chi connectivity index (χ0v) is 14.2. The molecular weight excluding hydrogens is 316 g/mol. The second kappa shape index (κ2) is 9.99. The lowest BCUT2D eigenvalue weighted by atomic mass is 10.1. The number of aromatic nitrogens is 2. The SMILES string of the molecule is COCCNCC(=O)NC(C)c1ccccc1-n1cccn1.Cl. The van der Waals surface area contributed by atoms with Crippen LogP contribution in [-0.4, -0.2) is 42.5 Å². The average molecular weight is 339 g/mol. The molecule has 1 unspecified atom stereocenters. The molecule has 0 saturated carbocycles. The highest BCUT2D eigenvalue weighted by molar-refractivity contribution is 5.85. The Bertz CT molecular complexity index is 590. The summed E-state index contributed by atoms with van der Waals surface area (Å²) in [5.41, 5.74) is 1.99. The van der Waals surface area contributed by atoms with Crippen LogP contribution in [0, 0.1) is 0 Å². The minimum atomic E-state index is -0.0999. The quantitative estimate of drug-likeness (QED) is 0.719. The highest BCUT2D eigenvalue weighted by Crippen LogP contribution is 2.20. The van der Waals surface area contributed by atoms with Crippen LogP contribution >= 0.6 is 12.4 Å². The fourth-order valence-electron chi connectivity index (χ4n) is 2.22. The summed E-state index contributed by atoms with van der Waals surface area (Å²) >= 11 is 0. The largest absolute Gasteiger partial charge is 0.383 e. The van der Waals surface area contributed by atoms with Crippen LogP contribution in [0.2, 0.25) is 0 Å². The summed E-state index contributed by atoms with van der Waals surface area (Å²) in [5, 5.41) is 10.3. The fraction of sp³-hybridized carbons (Fsp3) is 0.375. The lowest BCUT2D eigenvalue weighted by molar-refractivity contribution is -0.120. The summed E-state index contributed by atoms with van der Waals surface area (Å²) in [6.45, 7) is 3.49. The van der Waals surface area contributed by atoms with Gasteiger partial charge in [-0.2, -0.15) is 5.10 Å². The number of nitrogens with zero attached hydrogens (tertiary/aromatic N) is 2. The van der Waals surface area contributed by atoms with E-state index in [4.69, 9.17) is 4.74 Å². The van der Waals surface area contributed by atoms with Gasteiger partial charge in [0.2, 0.25) is 5.91 Å². The van der Waals surface area contributed by atoms with Gasteiger partial charge in [-0.25, -0.2) is 4.68 Å². The van der Waals surface area contributed by atoms with Gasteiger partial charge in [-0.15, -0.1) is 12.4 Å². The van der Waals surface area contributed by atoms with Crippen LogP contribution in [0.5, 0.6) is 0 Å². The van der Waals surface area contributed by atoms with Crippen molar-refractivity contribution >= 4 is 18.3 Å². The average Bonchev–Trinajstić information content (AvgIpc) is 3.06. The maximum Gasteiger partial charge on any atom is 0.234 e. The van der Waals surface area contributed by atoms with Gasteiger partial charge in [-0.05, 0) is 24.6 Å². The van der Waals surface area contributed by atoms with E-state index in [1.54, 1.807) is 18.0 Å². The number of carbonyl (C=O) groups is 1. The Labute approximate surface area is 142 Å². The number of ether oxygens (including phenoxy) is 1. The summed E-state index contributed by atoms with van der Waals surface area (Å²) in [5.74, 6) is -0.0427. The zero-order chi connectivity index (χ0) is 15.8. The molecule has 0 bridgehead atoms. The molecule has 6 nitrogen and oxygen atoms in total. The Morgan fingerprint density at radius 2 is 2.13 bits per heavy atom. The first-order valence-corrected chi connectivity index (χ1v) is 7.30. The molecule has 1 atom stereocenters. The molecule has 7 heteroatoms. The number of nitrogens with one attached hydrogen (secondary N) is 2. The standard InChI is InChI=1S/C16H22N4O2.ClH/c1-13(19-16(21)12-17-9-11-22-2)14-6-3-4-7-15(14)20-10-5-8-18-20;/h3-8,10,13,17H,9,11-12H2,1-2H3,(H,19,21);1H. The summed E-state index contributed by atoms with van der Waals surface area (Å²) in [6, 6.07) is 9.68. The van der Waals surface area contributed by atoms with Crippen LogP contribution in [0.1, 0.15) is 18.5 Å². The number of hydrogen-bond donors (Lipinski definition) is 2. The van der Waals surface area contributed by atoms with E-state index in [1.165, 1.54) is 0 Å². The van der Waals surface area contributed by atoms with E-state index in [0.29, 0.717) is 13.2 Å². The van der Waals surface area contributed by atoms with Crippen molar-refractivity contribution in [3.05, 3.63) is 48.3 Å². The molecule has 0 radical (unpaired) electrons. The molecule has 0 fully saturated rings. The van der Waals surface area contributed by atoms with Gasteiger partial charge in [0.15, 0.2) is 0 Å². The molecule has 2 aromatic rings. The third-order valence-corrected chi connectivity index (χ3v) is 3.30. The van der Waals surface area contributed by atoms with Gasteiger partial charge in [0.05, 0.1) is 24.9 Å². The summed E-state index contributed by atoms with van der Waals surface area (Å²) in [4.78, 5) is 12.0. The third-order valence-electron chi connectivity index (χ3n) is 3.30. The van der Waals surface area contributed by atoms with Gasteiger partial charge in [0.25, 0.3) is 0 Å². The predicted molar refractivity (Wildman–Crippen MR) is 92.1 cm³/mol. The van der Waals surface area contributed by atoms with Crippen LogP contribution in [0.4, 0.5) is 0 Å². The molecule has 0 saturated heterocycles. The number of hydrogen-bond acceptors (Lipinski definition) is 4. The molecule has 23 heavy (non-hydrogen) atoms. The molecule has 1 amide bonds. The number of amides is 1. The highest BCUT2D eigenvalue weighted by Gasteiger charge is 2.13. The molecule has 0 spiro atoms. The number of para-hydroxylation sites is 1. The van der Waals surface area contributed by atoms with E-state index in [2.05, 4.69) is 15.7 Å². The molecule has 126 valence electrons. The lowest BCUT2D eigenvalue weighted by Crippen LogP contribution is -2.36. The smallest absolute Gasteiger partial charge is 0.234 e. The number of halogens is 1. The van der Waals surface area contributed by atoms with Crippen molar-refractivity contribution in [2.75, 3.05) is 26.8 Å². The molecular formula is C16H23ClN4O2.